The first kappa shape index (κ1) is 11.9. The van der Waals surface area contributed by atoms with E-state index in [0.717, 1.165) is 34.5 Å². The molecule has 0 saturated carbocycles. The summed E-state index contributed by atoms with van der Waals surface area (Å²) >= 11 is 0. The van der Waals surface area contributed by atoms with Gasteiger partial charge in [-0.15, -0.1) is 0 Å². The van der Waals surface area contributed by atoms with E-state index < -0.39 is 0 Å². The van der Waals surface area contributed by atoms with Crippen LogP contribution in [0.2, 0.25) is 0 Å². The highest BCUT2D eigenvalue weighted by Crippen LogP contribution is 2.21. The number of H-pyrrole nitrogens is 2. The molecule has 5 heteroatoms. The Balaban J connectivity index is 1.89. The van der Waals surface area contributed by atoms with E-state index in [-0.39, 0.29) is 0 Å². The van der Waals surface area contributed by atoms with Crippen molar-refractivity contribution in [1.29, 1.82) is 0 Å². The van der Waals surface area contributed by atoms with Crippen molar-refractivity contribution in [2.45, 2.75) is 13.3 Å². The van der Waals surface area contributed by atoms with Crippen LogP contribution < -0.4 is 5.73 Å². The monoisotopic (exact) mass is 255 g/mol. The minimum absolute atomic E-state index is 0.439. The molecular formula is C14H17N5. The van der Waals surface area contributed by atoms with E-state index >= 15 is 0 Å². The Bertz CT molecular complexity index is 682. The second-order valence-corrected chi connectivity index (χ2v) is 4.92. The van der Waals surface area contributed by atoms with E-state index in [1.165, 1.54) is 0 Å². The zero-order valence-corrected chi connectivity index (χ0v) is 10.9. The zero-order valence-electron chi connectivity index (χ0n) is 10.9. The largest absolute Gasteiger partial charge is 0.345 e. The third-order valence-electron chi connectivity index (χ3n) is 3.30. The first-order chi connectivity index (χ1) is 9.26. The summed E-state index contributed by atoms with van der Waals surface area (Å²) in [4.78, 5) is 15.1. The van der Waals surface area contributed by atoms with Crippen LogP contribution >= 0.6 is 0 Å². The molecule has 2 heterocycles. The molecule has 98 valence electrons. The van der Waals surface area contributed by atoms with Gasteiger partial charge >= 0.3 is 0 Å². The summed E-state index contributed by atoms with van der Waals surface area (Å²) in [6.07, 6.45) is 4.45. The van der Waals surface area contributed by atoms with Gasteiger partial charge in [0.1, 0.15) is 5.82 Å². The van der Waals surface area contributed by atoms with Crippen LogP contribution in [0, 0.1) is 5.92 Å². The highest BCUT2D eigenvalue weighted by atomic mass is 14.9. The molecule has 4 N–H and O–H groups in total. The standard InChI is InChI=1S/C14H17N5/c1-9(6-15)4-14-16-7-13(19-14)10-2-3-11-12(5-10)18-8-17-11/h2-3,5,7-9H,4,6,15H2,1H3,(H,16,19)(H,17,18). The van der Waals surface area contributed by atoms with Gasteiger partial charge in [0, 0.05) is 12.0 Å². The number of rotatable bonds is 4. The van der Waals surface area contributed by atoms with Gasteiger partial charge in [0.25, 0.3) is 0 Å². The lowest BCUT2D eigenvalue weighted by molar-refractivity contribution is 0.577. The summed E-state index contributed by atoms with van der Waals surface area (Å²) in [6.45, 7) is 2.80. The fourth-order valence-electron chi connectivity index (χ4n) is 2.13. The fraction of sp³-hybridized carbons (Fsp3) is 0.286. The van der Waals surface area contributed by atoms with E-state index in [9.17, 15) is 0 Å². The van der Waals surface area contributed by atoms with Gasteiger partial charge in [-0.2, -0.15) is 0 Å². The molecule has 3 aromatic rings. The molecule has 0 aliphatic rings. The van der Waals surface area contributed by atoms with Crippen LogP contribution in [0.3, 0.4) is 0 Å². The molecule has 0 spiro atoms. The van der Waals surface area contributed by atoms with Crippen molar-refractivity contribution in [3.05, 3.63) is 36.5 Å². The van der Waals surface area contributed by atoms with E-state index in [1.54, 1.807) is 6.33 Å². The second-order valence-electron chi connectivity index (χ2n) is 4.92. The van der Waals surface area contributed by atoms with Crippen LogP contribution in [-0.2, 0) is 6.42 Å². The first-order valence-corrected chi connectivity index (χ1v) is 6.43. The molecular weight excluding hydrogens is 238 g/mol. The minimum Gasteiger partial charge on any atom is -0.345 e. The van der Waals surface area contributed by atoms with Crippen LogP contribution in [0.5, 0.6) is 0 Å². The predicted octanol–water partition coefficient (Wildman–Crippen LogP) is 2.09. The van der Waals surface area contributed by atoms with Crippen LogP contribution in [0.15, 0.2) is 30.7 Å². The molecule has 0 radical (unpaired) electrons. The number of imidazole rings is 2. The van der Waals surface area contributed by atoms with Crippen LogP contribution in [0.4, 0.5) is 0 Å². The van der Waals surface area contributed by atoms with Crippen LogP contribution in [-0.4, -0.2) is 26.5 Å². The van der Waals surface area contributed by atoms with Crippen molar-refractivity contribution >= 4 is 11.0 Å². The van der Waals surface area contributed by atoms with E-state index in [4.69, 9.17) is 5.73 Å². The molecule has 19 heavy (non-hydrogen) atoms. The smallest absolute Gasteiger partial charge is 0.106 e. The fourth-order valence-corrected chi connectivity index (χ4v) is 2.13. The van der Waals surface area contributed by atoms with Gasteiger partial charge in [-0.05, 0) is 24.6 Å². The molecule has 1 aromatic carbocycles. The normalized spacial score (nSPS) is 12.9. The van der Waals surface area contributed by atoms with Crippen LogP contribution in [0.25, 0.3) is 22.3 Å². The van der Waals surface area contributed by atoms with Crippen molar-refractivity contribution < 1.29 is 0 Å². The first-order valence-electron chi connectivity index (χ1n) is 6.43. The average Bonchev–Trinajstić information content (AvgIpc) is 3.05. The molecule has 0 fully saturated rings. The van der Waals surface area contributed by atoms with Gasteiger partial charge in [-0.1, -0.05) is 13.0 Å². The number of aromatic amines is 2. The summed E-state index contributed by atoms with van der Waals surface area (Å²) in [5.41, 5.74) is 9.77. The van der Waals surface area contributed by atoms with Crippen molar-refractivity contribution in [2.24, 2.45) is 11.7 Å². The van der Waals surface area contributed by atoms with Crippen molar-refractivity contribution in [3.63, 3.8) is 0 Å². The lowest BCUT2D eigenvalue weighted by Gasteiger charge is -2.04. The van der Waals surface area contributed by atoms with E-state index in [1.807, 2.05) is 18.3 Å². The average molecular weight is 255 g/mol. The molecule has 0 bridgehead atoms. The number of hydrogen-bond acceptors (Lipinski definition) is 3. The highest BCUT2D eigenvalue weighted by Gasteiger charge is 2.07. The second kappa shape index (κ2) is 4.85. The Hall–Kier alpha value is -2.14. The molecule has 0 aliphatic carbocycles. The summed E-state index contributed by atoms with van der Waals surface area (Å²) < 4.78 is 0. The zero-order chi connectivity index (χ0) is 13.2. The van der Waals surface area contributed by atoms with Gasteiger partial charge in [0.2, 0.25) is 0 Å². The lowest BCUT2D eigenvalue weighted by atomic mass is 10.1. The molecule has 5 nitrogen and oxygen atoms in total. The number of hydrogen-bond donors (Lipinski definition) is 3. The number of benzene rings is 1. The molecule has 0 saturated heterocycles. The topological polar surface area (TPSA) is 83.4 Å². The molecule has 2 aromatic heterocycles. The molecule has 3 rings (SSSR count). The van der Waals surface area contributed by atoms with Crippen molar-refractivity contribution in [2.75, 3.05) is 6.54 Å². The maximum Gasteiger partial charge on any atom is 0.106 e. The number of nitrogens with two attached hydrogens (primary N) is 1. The Morgan fingerprint density at radius 2 is 2.21 bits per heavy atom. The van der Waals surface area contributed by atoms with Crippen molar-refractivity contribution in [1.82, 2.24) is 19.9 Å². The molecule has 1 atom stereocenters. The number of fused-ring (bicyclic) bond motifs is 1. The third-order valence-corrected chi connectivity index (χ3v) is 3.30. The number of aromatic nitrogens is 4. The molecule has 0 amide bonds. The Morgan fingerprint density at radius 3 is 3.05 bits per heavy atom. The maximum atomic E-state index is 5.64. The third kappa shape index (κ3) is 2.37. The van der Waals surface area contributed by atoms with E-state index in [0.29, 0.717) is 12.5 Å². The van der Waals surface area contributed by atoms with Crippen molar-refractivity contribution in [3.8, 4) is 11.3 Å². The number of nitrogens with one attached hydrogen (secondary N) is 2. The van der Waals surface area contributed by atoms with Gasteiger partial charge in [0.05, 0.1) is 29.3 Å². The molecule has 1 unspecified atom stereocenters. The lowest BCUT2D eigenvalue weighted by Crippen LogP contribution is -2.13. The predicted molar refractivity (Wildman–Crippen MR) is 75.6 cm³/mol. The van der Waals surface area contributed by atoms with Crippen LogP contribution in [0.1, 0.15) is 12.7 Å². The minimum atomic E-state index is 0.439. The number of nitrogens with zero attached hydrogens (tertiary/aromatic N) is 2. The SMILES string of the molecule is CC(CN)Cc1ncc(-c2ccc3nc[nH]c3c2)[nH]1. The summed E-state index contributed by atoms with van der Waals surface area (Å²) in [5, 5.41) is 0. The van der Waals surface area contributed by atoms with Gasteiger partial charge in [0.15, 0.2) is 0 Å². The van der Waals surface area contributed by atoms with E-state index in [2.05, 4.69) is 32.9 Å². The Morgan fingerprint density at radius 1 is 1.32 bits per heavy atom. The van der Waals surface area contributed by atoms with Gasteiger partial charge in [-0.25, -0.2) is 9.97 Å². The van der Waals surface area contributed by atoms with Gasteiger partial charge < -0.3 is 15.7 Å². The maximum absolute atomic E-state index is 5.64. The Labute approximate surface area is 111 Å². The Kier molecular flexibility index (Phi) is 3.05. The molecule has 0 aliphatic heterocycles. The highest BCUT2D eigenvalue weighted by molar-refractivity contribution is 5.80. The summed E-state index contributed by atoms with van der Waals surface area (Å²) in [6, 6.07) is 6.13. The quantitative estimate of drug-likeness (QED) is 0.667. The van der Waals surface area contributed by atoms with Gasteiger partial charge in [-0.3, -0.25) is 0 Å². The summed E-state index contributed by atoms with van der Waals surface area (Å²) in [5.74, 6) is 1.42. The summed E-state index contributed by atoms with van der Waals surface area (Å²) in [7, 11) is 0.